The highest BCUT2D eigenvalue weighted by molar-refractivity contribution is 6.30. The number of pyridine rings is 1. The molecule has 3 amide bonds. The number of rotatable bonds is 9. The van der Waals surface area contributed by atoms with E-state index in [0.29, 0.717) is 60.1 Å². The highest BCUT2D eigenvalue weighted by Crippen LogP contribution is 2.52. The van der Waals surface area contributed by atoms with Crippen LogP contribution in [-0.4, -0.2) is 63.8 Å². The Hall–Kier alpha value is -4.06. The first-order valence-corrected chi connectivity index (χ1v) is 16.9. The summed E-state index contributed by atoms with van der Waals surface area (Å²) in [5, 5.41) is 0.799. The third-order valence-electron chi connectivity index (χ3n) is 9.36. The number of amides is 3. The number of likely N-dealkylation sites (tertiary alicyclic amines) is 1. The Morgan fingerprint density at radius 2 is 1.67 bits per heavy atom. The van der Waals surface area contributed by atoms with E-state index in [0.717, 1.165) is 6.07 Å². The number of hydrogen-bond donors (Lipinski definition) is 1. The number of aromatic nitrogens is 1. The number of primary amides is 1. The van der Waals surface area contributed by atoms with Crippen LogP contribution in [0.3, 0.4) is 0 Å². The smallest absolute Gasteiger partial charge is 0.410 e. The maximum Gasteiger partial charge on any atom is 0.410 e. The molecule has 258 valence electrons. The van der Waals surface area contributed by atoms with E-state index in [1.54, 1.807) is 62.1 Å². The molecular formula is C36H37Cl2FN4O6. The van der Waals surface area contributed by atoms with E-state index in [1.807, 2.05) is 0 Å². The molecule has 1 atom stereocenters. The molecule has 3 heterocycles. The van der Waals surface area contributed by atoms with Crippen molar-refractivity contribution >= 4 is 46.9 Å². The molecule has 1 aromatic heterocycles. The van der Waals surface area contributed by atoms with Gasteiger partial charge in [-0.25, -0.2) is 9.18 Å². The highest BCUT2D eigenvalue weighted by Gasteiger charge is 2.58. The first-order valence-electron chi connectivity index (χ1n) is 16.1. The molecule has 1 saturated heterocycles. The third kappa shape index (κ3) is 6.76. The van der Waals surface area contributed by atoms with E-state index >= 15 is 4.39 Å². The first-order chi connectivity index (χ1) is 23.1. The molecule has 6 rings (SSSR count). The molecule has 13 heteroatoms. The molecule has 1 saturated carbocycles. The van der Waals surface area contributed by atoms with Crippen molar-refractivity contribution in [3.05, 3.63) is 98.5 Å². The summed E-state index contributed by atoms with van der Waals surface area (Å²) in [6.07, 6.45) is 2.67. The van der Waals surface area contributed by atoms with Crippen LogP contribution in [0.4, 0.5) is 9.18 Å². The fourth-order valence-electron chi connectivity index (χ4n) is 6.48. The summed E-state index contributed by atoms with van der Waals surface area (Å²) in [5.41, 5.74) is 2.97. The van der Waals surface area contributed by atoms with Gasteiger partial charge < -0.3 is 20.1 Å². The lowest BCUT2D eigenvalue weighted by atomic mass is 9.86. The number of halogens is 3. The van der Waals surface area contributed by atoms with E-state index in [4.69, 9.17) is 38.4 Å². The van der Waals surface area contributed by atoms with Gasteiger partial charge in [-0.1, -0.05) is 35.3 Å². The standard InChI is InChI=1S/C36H37Cl2FN4O6/c1-34(2,3)49-33(47)42-14-10-21(11-15-42)30(44)22-16-27-29(28(39)17-22)36(23-4-6-24(37)7-5-23,48-20-35(12-13-35)32(40)46)43(31(27)45)19-26-9-8-25(38)18-41-26/h4-9,16-18,21H,10-15,19-20H2,1-3H3,(H2,40,46). The van der Waals surface area contributed by atoms with Crippen LogP contribution in [0.2, 0.25) is 10.0 Å². The Bertz CT molecular complexity index is 1800. The van der Waals surface area contributed by atoms with Crippen LogP contribution in [0.1, 0.15) is 84.0 Å². The van der Waals surface area contributed by atoms with E-state index in [-0.39, 0.29) is 35.6 Å². The monoisotopic (exact) mass is 710 g/mol. The van der Waals surface area contributed by atoms with Crippen molar-refractivity contribution in [2.75, 3.05) is 19.7 Å². The van der Waals surface area contributed by atoms with Crippen molar-refractivity contribution in [3.8, 4) is 0 Å². The number of carbonyl (C=O) groups excluding carboxylic acids is 4. The summed E-state index contributed by atoms with van der Waals surface area (Å²) < 4.78 is 28.8. The topological polar surface area (TPSA) is 132 Å². The second-order valence-corrected chi connectivity index (χ2v) is 14.8. The third-order valence-corrected chi connectivity index (χ3v) is 9.84. The van der Waals surface area contributed by atoms with Gasteiger partial charge in [0.1, 0.15) is 11.4 Å². The number of piperidine rings is 1. The lowest BCUT2D eigenvalue weighted by Gasteiger charge is -2.40. The lowest BCUT2D eigenvalue weighted by molar-refractivity contribution is -0.142. The number of benzene rings is 2. The fraction of sp³-hybridized carbons (Fsp3) is 0.417. The van der Waals surface area contributed by atoms with Crippen molar-refractivity contribution in [1.82, 2.24) is 14.8 Å². The molecule has 2 aliphatic heterocycles. The van der Waals surface area contributed by atoms with Gasteiger partial charge in [-0.3, -0.25) is 24.3 Å². The second kappa shape index (κ2) is 13.0. The minimum absolute atomic E-state index is 0.0348. The van der Waals surface area contributed by atoms with Gasteiger partial charge in [-0.05, 0) is 82.9 Å². The van der Waals surface area contributed by atoms with Crippen LogP contribution in [0.5, 0.6) is 0 Å². The number of Topliss-reactive ketones (excluding diaryl/α,β-unsaturated/α-hetero) is 1. The summed E-state index contributed by atoms with van der Waals surface area (Å²) in [5.74, 6) is -2.80. The highest BCUT2D eigenvalue weighted by atomic mass is 35.5. The molecular weight excluding hydrogens is 674 g/mol. The maximum absolute atomic E-state index is 16.8. The number of ether oxygens (including phenoxy) is 2. The first kappa shape index (κ1) is 34.8. The predicted molar refractivity (Wildman–Crippen MR) is 179 cm³/mol. The van der Waals surface area contributed by atoms with E-state index in [1.165, 1.54) is 17.2 Å². The van der Waals surface area contributed by atoms with Crippen molar-refractivity contribution in [3.63, 3.8) is 0 Å². The molecule has 10 nitrogen and oxygen atoms in total. The largest absolute Gasteiger partial charge is 0.444 e. The van der Waals surface area contributed by atoms with E-state index in [2.05, 4.69) is 4.98 Å². The average Bonchev–Trinajstić information content (AvgIpc) is 3.82. The van der Waals surface area contributed by atoms with Gasteiger partial charge >= 0.3 is 6.09 Å². The molecule has 2 fully saturated rings. The quantitative estimate of drug-likeness (QED) is 0.251. The predicted octanol–water partition coefficient (Wildman–Crippen LogP) is 6.50. The van der Waals surface area contributed by atoms with Gasteiger partial charge in [-0.2, -0.15) is 0 Å². The minimum Gasteiger partial charge on any atom is -0.444 e. The van der Waals surface area contributed by atoms with Crippen LogP contribution in [0, 0.1) is 17.2 Å². The van der Waals surface area contributed by atoms with Crippen LogP contribution in [0.15, 0.2) is 54.7 Å². The van der Waals surface area contributed by atoms with Crippen LogP contribution >= 0.6 is 23.2 Å². The number of nitrogens with two attached hydrogens (primary N) is 1. The zero-order valence-corrected chi connectivity index (χ0v) is 28.9. The average molecular weight is 712 g/mol. The lowest BCUT2D eigenvalue weighted by Crippen LogP contribution is -2.48. The molecule has 0 bridgehead atoms. The van der Waals surface area contributed by atoms with Gasteiger partial charge in [-0.15, -0.1) is 0 Å². The Morgan fingerprint density at radius 3 is 2.24 bits per heavy atom. The zero-order chi connectivity index (χ0) is 35.3. The van der Waals surface area contributed by atoms with Gasteiger partial charge in [0.15, 0.2) is 11.5 Å². The number of carbonyl (C=O) groups is 4. The number of nitrogens with zero attached hydrogens (tertiary/aromatic N) is 3. The summed E-state index contributed by atoms with van der Waals surface area (Å²) in [6.45, 7) is 5.65. The molecule has 0 radical (unpaired) electrons. The molecule has 0 spiro atoms. The normalized spacial score (nSPS) is 20.2. The number of hydrogen-bond acceptors (Lipinski definition) is 7. The molecule has 2 aromatic carbocycles. The minimum atomic E-state index is -1.87. The Kier molecular flexibility index (Phi) is 9.23. The Labute approximate surface area is 293 Å². The molecule has 3 aliphatic rings. The fourth-order valence-corrected chi connectivity index (χ4v) is 6.72. The summed E-state index contributed by atoms with van der Waals surface area (Å²) in [4.78, 5) is 60.6. The van der Waals surface area contributed by atoms with Crippen molar-refractivity contribution in [1.29, 1.82) is 0 Å². The Balaban J connectivity index is 1.39. The molecule has 49 heavy (non-hydrogen) atoms. The van der Waals surface area contributed by atoms with Crippen LogP contribution < -0.4 is 5.73 Å². The van der Waals surface area contributed by atoms with Gasteiger partial charge in [0, 0.05) is 41.4 Å². The van der Waals surface area contributed by atoms with Gasteiger partial charge in [0.25, 0.3) is 5.91 Å². The van der Waals surface area contributed by atoms with E-state index in [9.17, 15) is 19.2 Å². The van der Waals surface area contributed by atoms with E-state index < -0.39 is 46.4 Å². The van der Waals surface area contributed by atoms with Crippen molar-refractivity contribution in [2.45, 2.75) is 64.3 Å². The summed E-state index contributed by atoms with van der Waals surface area (Å²) in [7, 11) is 0. The van der Waals surface area contributed by atoms with Crippen LogP contribution in [-0.2, 0) is 26.5 Å². The van der Waals surface area contributed by atoms with Crippen molar-refractivity contribution in [2.24, 2.45) is 17.1 Å². The Morgan fingerprint density at radius 1 is 1.02 bits per heavy atom. The number of fused-ring (bicyclic) bond motifs is 1. The number of ketones is 1. The van der Waals surface area contributed by atoms with Crippen molar-refractivity contribution < 1.29 is 33.0 Å². The molecule has 1 aliphatic carbocycles. The second-order valence-electron chi connectivity index (χ2n) is 13.9. The van der Waals surface area contributed by atoms with Gasteiger partial charge in [0.2, 0.25) is 5.91 Å². The van der Waals surface area contributed by atoms with Crippen LogP contribution in [0.25, 0.3) is 0 Å². The SMILES string of the molecule is CC(C)(C)OC(=O)N1CCC(C(=O)c2cc(F)c3c(c2)C(=O)N(Cc2ccc(Cl)cn2)C3(OCC2(C(N)=O)CC2)c2ccc(Cl)cc2)CC1. The summed E-state index contributed by atoms with van der Waals surface area (Å²) >= 11 is 12.3. The zero-order valence-electron chi connectivity index (χ0n) is 27.4. The van der Waals surface area contributed by atoms with Gasteiger partial charge in [0.05, 0.1) is 40.4 Å². The molecule has 2 N–H and O–H groups in total. The maximum atomic E-state index is 16.8. The summed E-state index contributed by atoms with van der Waals surface area (Å²) in [6, 6.07) is 12.3. The molecule has 1 unspecified atom stereocenters. The molecule has 3 aromatic rings.